The lowest BCUT2D eigenvalue weighted by Gasteiger charge is -2.14. The third-order valence-corrected chi connectivity index (χ3v) is 3.99. The van der Waals surface area contributed by atoms with Crippen molar-refractivity contribution in [3.8, 4) is 11.5 Å². The molecule has 0 radical (unpaired) electrons. The average molecular weight is 405 g/mol. The van der Waals surface area contributed by atoms with Crippen LogP contribution in [0.3, 0.4) is 0 Å². The van der Waals surface area contributed by atoms with E-state index in [2.05, 4.69) is 10.6 Å². The molecule has 150 valence electrons. The Morgan fingerprint density at radius 2 is 1.61 bits per heavy atom. The molecule has 0 heterocycles. The second kappa shape index (κ2) is 10.6. The molecule has 0 unspecified atom stereocenters. The SMILES string of the molecule is CCCOc1ccc(C(=O)Nc2cc(NC(C)=O)ccc2Cl)cc1OCCC. The number of hydrogen-bond donors (Lipinski definition) is 2. The highest BCUT2D eigenvalue weighted by Gasteiger charge is 2.14. The van der Waals surface area contributed by atoms with Gasteiger partial charge in [-0.1, -0.05) is 25.4 Å². The standard InChI is InChI=1S/C21H25ClN2O4/c1-4-10-27-19-9-6-15(12-20(19)28-11-5-2)21(26)24-18-13-16(23-14(3)25)7-8-17(18)22/h6-9,12-13H,4-5,10-11H2,1-3H3,(H,23,25)(H,24,26). The monoisotopic (exact) mass is 404 g/mol. The fraction of sp³-hybridized carbons (Fsp3) is 0.333. The summed E-state index contributed by atoms with van der Waals surface area (Å²) < 4.78 is 11.4. The Balaban J connectivity index is 2.22. The predicted molar refractivity (Wildman–Crippen MR) is 112 cm³/mol. The molecule has 7 heteroatoms. The number of benzene rings is 2. The van der Waals surface area contributed by atoms with Gasteiger partial charge in [0, 0.05) is 18.2 Å². The van der Waals surface area contributed by atoms with Crippen LogP contribution in [0.25, 0.3) is 0 Å². The van der Waals surface area contributed by atoms with Crippen LogP contribution >= 0.6 is 11.6 Å². The van der Waals surface area contributed by atoms with Crippen LogP contribution in [0.5, 0.6) is 11.5 Å². The molecule has 28 heavy (non-hydrogen) atoms. The molecule has 2 aromatic rings. The van der Waals surface area contributed by atoms with Crippen LogP contribution in [0.2, 0.25) is 5.02 Å². The number of carbonyl (C=O) groups excluding carboxylic acids is 2. The van der Waals surface area contributed by atoms with Crippen LogP contribution in [0.15, 0.2) is 36.4 Å². The van der Waals surface area contributed by atoms with E-state index in [9.17, 15) is 9.59 Å². The number of carbonyl (C=O) groups is 2. The molecule has 2 rings (SSSR count). The van der Waals surface area contributed by atoms with Crippen LogP contribution in [0.1, 0.15) is 44.0 Å². The van der Waals surface area contributed by atoms with Crippen molar-refractivity contribution < 1.29 is 19.1 Å². The number of nitrogens with one attached hydrogen (secondary N) is 2. The summed E-state index contributed by atoms with van der Waals surface area (Å²) in [6.07, 6.45) is 1.72. The third kappa shape index (κ3) is 6.16. The van der Waals surface area contributed by atoms with Crippen LogP contribution in [-0.4, -0.2) is 25.0 Å². The maximum atomic E-state index is 12.7. The van der Waals surface area contributed by atoms with E-state index in [4.69, 9.17) is 21.1 Å². The van der Waals surface area contributed by atoms with Gasteiger partial charge in [0.25, 0.3) is 5.91 Å². The molecule has 2 aromatic carbocycles. The van der Waals surface area contributed by atoms with E-state index in [-0.39, 0.29) is 11.8 Å². The van der Waals surface area contributed by atoms with Gasteiger partial charge in [0.2, 0.25) is 5.91 Å². The van der Waals surface area contributed by atoms with Crippen molar-refractivity contribution in [2.45, 2.75) is 33.6 Å². The van der Waals surface area contributed by atoms with Crippen molar-refractivity contribution in [1.82, 2.24) is 0 Å². The molecule has 0 aliphatic carbocycles. The van der Waals surface area contributed by atoms with E-state index in [0.717, 1.165) is 12.8 Å². The molecule has 0 aliphatic heterocycles. The number of rotatable bonds is 9. The van der Waals surface area contributed by atoms with Gasteiger partial charge in [0.05, 0.1) is 23.9 Å². The summed E-state index contributed by atoms with van der Waals surface area (Å²) in [6, 6.07) is 9.93. The van der Waals surface area contributed by atoms with Gasteiger partial charge in [0.1, 0.15) is 0 Å². The van der Waals surface area contributed by atoms with Crippen LogP contribution in [-0.2, 0) is 4.79 Å². The van der Waals surface area contributed by atoms with E-state index >= 15 is 0 Å². The first-order chi connectivity index (χ1) is 13.4. The topological polar surface area (TPSA) is 76.7 Å². The molecule has 0 bridgehead atoms. The van der Waals surface area contributed by atoms with Gasteiger partial charge in [-0.3, -0.25) is 9.59 Å². The summed E-state index contributed by atoms with van der Waals surface area (Å²) in [7, 11) is 0. The summed E-state index contributed by atoms with van der Waals surface area (Å²) in [6.45, 7) is 6.53. The highest BCUT2D eigenvalue weighted by Crippen LogP contribution is 2.30. The van der Waals surface area contributed by atoms with E-state index in [0.29, 0.717) is 46.7 Å². The quantitative estimate of drug-likeness (QED) is 0.607. The summed E-state index contributed by atoms with van der Waals surface area (Å²) >= 11 is 6.17. The van der Waals surface area contributed by atoms with Crippen molar-refractivity contribution >= 4 is 34.8 Å². The first-order valence-corrected chi connectivity index (χ1v) is 9.60. The maximum absolute atomic E-state index is 12.7. The molecule has 0 atom stereocenters. The third-order valence-electron chi connectivity index (χ3n) is 3.66. The Morgan fingerprint density at radius 1 is 0.929 bits per heavy atom. The molecular weight excluding hydrogens is 380 g/mol. The molecule has 6 nitrogen and oxygen atoms in total. The second-order valence-corrected chi connectivity index (χ2v) is 6.60. The Hall–Kier alpha value is -2.73. The minimum Gasteiger partial charge on any atom is -0.490 e. The van der Waals surface area contributed by atoms with Gasteiger partial charge in [-0.05, 0) is 49.2 Å². The van der Waals surface area contributed by atoms with Gasteiger partial charge in [-0.25, -0.2) is 0 Å². The van der Waals surface area contributed by atoms with Crippen molar-refractivity contribution in [1.29, 1.82) is 0 Å². The fourth-order valence-corrected chi connectivity index (χ4v) is 2.57. The maximum Gasteiger partial charge on any atom is 0.255 e. The van der Waals surface area contributed by atoms with Gasteiger partial charge in [-0.2, -0.15) is 0 Å². The zero-order chi connectivity index (χ0) is 20.5. The molecule has 2 N–H and O–H groups in total. The lowest BCUT2D eigenvalue weighted by atomic mass is 10.1. The number of ether oxygens (including phenoxy) is 2. The largest absolute Gasteiger partial charge is 0.490 e. The van der Waals surface area contributed by atoms with E-state index in [1.807, 2.05) is 13.8 Å². The highest BCUT2D eigenvalue weighted by molar-refractivity contribution is 6.34. The number of hydrogen-bond acceptors (Lipinski definition) is 4. The summed E-state index contributed by atoms with van der Waals surface area (Å²) in [5, 5.41) is 5.80. The van der Waals surface area contributed by atoms with E-state index in [1.54, 1.807) is 36.4 Å². The minimum absolute atomic E-state index is 0.208. The molecule has 0 spiro atoms. The Morgan fingerprint density at radius 3 is 2.25 bits per heavy atom. The Kier molecular flexibility index (Phi) is 8.14. The molecule has 0 saturated heterocycles. The fourth-order valence-electron chi connectivity index (χ4n) is 2.40. The normalized spacial score (nSPS) is 10.3. The zero-order valence-corrected chi connectivity index (χ0v) is 17.1. The first-order valence-electron chi connectivity index (χ1n) is 9.22. The van der Waals surface area contributed by atoms with Gasteiger partial charge in [-0.15, -0.1) is 0 Å². The van der Waals surface area contributed by atoms with Crippen molar-refractivity contribution in [2.75, 3.05) is 23.8 Å². The van der Waals surface area contributed by atoms with Crippen molar-refractivity contribution in [3.05, 3.63) is 47.0 Å². The van der Waals surface area contributed by atoms with Gasteiger partial charge in [0.15, 0.2) is 11.5 Å². The van der Waals surface area contributed by atoms with Crippen LogP contribution < -0.4 is 20.1 Å². The predicted octanol–water partition coefficient (Wildman–Crippen LogP) is 5.13. The van der Waals surface area contributed by atoms with Crippen molar-refractivity contribution in [3.63, 3.8) is 0 Å². The summed E-state index contributed by atoms with van der Waals surface area (Å²) in [5.74, 6) is 0.587. The van der Waals surface area contributed by atoms with Crippen LogP contribution in [0, 0.1) is 0 Å². The van der Waals surface area contributed by atoms with Gasteiger partial charge >= 0.3 is 0 Å². The lowest BCUT2D eigenvalue weighted by Crippen LogP contribution is -2.13. The summed E-state index contributed by atoms with van der Waals surface area (Å²) in [5.41, 5.74) is 1.36. The Labute approximate surface area is 170 Å². The average Bonchev–Trinajstić information content (AvgIpc) is 2.67. The number of halogens is 1. The van der Waals surface area contributed by atoms with Crippen molar-refractivity contribution in [2.24, 2.45) is 0 Å². The zero-order valence-electron chi connectivity index (χ0n) is 16.3. The molecule has 0 aromatic heterocycles. The molecule has 0 aliphatic rings. The van der Waals surface area contributed by atoms with Crippen LogP contribution in [0.4, 0.5) is 11.4 Å². The molecular formula is C21H25ClN2O4. The van der Waals surface area contributed by atoms with Gasteiger partial charge < -0.3 is 20.1 Å². The Bertz CT molecular complexity index is 839. The number of anilines is 2. The molecule has 2 amide bonds. The lowest BCUT2D eigenvalue weighted by molar-refractivity contribution is -0.114. The van der Waals surface area contributed by atoms with E-state index < -0.39 is 0 Å². The number of amides is 2. The highest BCUT2D eigenvalue weighted by atomic mass is 35.5. The molecule has 0 fully saturated rings. The summed E-state index contributed by atoms with van der Waals surface area (Å²) in [4.78, 5) is 23.9. The molecule has 0 saturated carbocycles. The second-order valence-electron chi connectivity index (χ2n) is 6.19. The first kappa shape index (κ1) is 21.6. The van der Waals surface area contributed by atoms with E-state index in [1.165, 1.54) is 6.92 Å². The minimum atomic E-state index is -0.342. The smallest absolute Gasteiger partial charge is 0.255 e.